The van der Waals surface area contributed by atoms with Crippen LogP contribution in [0.25, 0.3) is 0 Å². The molecular formula is C15H26FN3S. The summed E-state index contributed by atoms with van der Waals surface area (Å²) >= 11 is 1.87. The van der Waals surface area contributed by atoms with Crippen molar-refractivity contribution in [1.29, 1.82) is 0 Å². The quantitative estimate of drug-likeness (QED) is 0.799. The zero-order chi connectivity index (χ0) is 15.1. The zero-order valence-electron chi connectivity index (χ0n) is 13.1. The highest BCUT2D eigenvalue weighted by atomic mass is 32.2. The van der Waals surface area contributed by atoms with Crippen LogP contribution in [0.4, 0.5) is 4.39 Å². The topological polar surface area (TPSA) is 28.2 Å². The largest absolute Gasteiger partial charge is 0.311 e. The van der Waals surface area contributed by atoms with Gasteiger partial charge in [0, 0.05) is 18.3 Å². The molecule has 1 aromatic heterocycles. The lowest BCUT2D eigenvalue weighted by atomic mass is 9.97. The first-order chi connectivity index (χ1) is 9.49. The number of aromatic nitrogens is 1. The predicted molar refractivity (Wildman–Crippen MR) is 85.6 cm³/mol. The van der Waals surface area contributed by atoms with Gasteiger partial charge in [-0.25, -0.2) is 4.39 Å². The maximum absolute atomic E-state index is 13.0. The standard InChI is InChI=1S/C15H26FN3S/c1-11(9-19(4)12(2)10-20-5)15(17-3)14-7-6-13(16)8-18-14/h6-8,11-12,15,17H,9-10H2,1-5H3. The lowest BCUT2D eigenvalue weighted by molar-refractivity contribution is 0.214. The summed E-state index contributed by atoms with van der Waals surface area (Å²) in [6.45, 7) is 5.43. The molecule has 114 valence electrons. The summed E-state index contributed by atoms with van der Waals surface area (Å²) in [7, 11) is 4.08. The number of hydrogen-bond donors (Lipinski definition) is 1. The van der Waals surface area contributed by atoms with Gasteiger partial charge in [-0.15, -0.1) is 0 Å². The Balaban J connectivity index is 2.67. The summed E-state index contributed by atoms with van der Waals surface area (Å²) < 4.78 is 13.0. The fourth-order valence-corrected chi connectivity index (χ4v) is 3.14. The van der Waals surface area contributed by atoms with Gasteiger partial charge in [0.25, 0.3) is 0 Å². The van der Waals surface area contributed by atoms with E-state index in [-0.39, 0.29) is 11.9 Å². The smallest absolute Gasteiger partial charge is 0.141 e. The van der Waals surface area contributed by atoms with Crippen LogP contribution in [0.3, 0.4) is 0 Å². The van der Waals surface area contributed by atoms with E-state index < -0.39 is 0 Å². The molecule has 0 spiro atoms. The van der Waals surface area contributed by atoms with Gasteiger partial charge < -0.3 is 10.2 Å². The van der Waals surface area contributed by atoms with Gasteiger partial charge in [-0.1, -0.05) is 6.92 Å². The molecule has 3 nitrogen and oxygen atoms in total. The Morgan fingerprint density at radius 2 is 2.10 bits per heavy atom. The van der Waals surface area contributed by atoms with Crippen LogP contribution in [0.2, 0.25) is 0 Å². The minimum atomic E-state index is -0.290. The number of hydrogen-bond acceptors (Lipinski definition) is 4. The van der Waals surface area contributed by atoms with Crippen molar-refractivity contribution >= 4 is 11.8 Å². The van der Waals surface area contributed by atoms with Crippen LogP contribution in [-0.4, -0.2) is 48.6 Å². The number of thioether (sulfide) groups is 1. The lowest BCUT2D eigenvalue weighted by Gasteiger charge is -2.31. The molecule has 0 saturated heterocycles. The van der Waals surface area contributed by atoms with Crippen LogP contribution in [-0.2, 0) is 0 Å². The average Bonchev–Trinajstić information content (AvgIpc) is 2.42. The number of rotatable bonds is 8. The van der Waals surface area contributed by atoms with E-state index >= 15 is 0 Å². The van der Waals surface area contributed by atoms with Gasteiger partial charge in [-0.3, -0.25) is 4.98 Å². The highest BCUT2D eigenvalue weighted by Gasteiger charge is 2.21. The van der Waals surface area contributed by atoms with Crippen LogP contribution >= 0.6 is 11.8 Å². The Morgan fingerprint density at radius 3 is 2.60 bits per heavy atom. The van der Waals surface area contributed by atoms with Crippen LogP contribution in [0.5, 0.6) is 0 Å². The van der Waals surface area contributed by atoms with Gasteiger partial charge in [0.15, 0.2) is 0 Å². The highest BCUT2D eigenvalue weighted by molar-refractivity contribution is 7.98. The lowest BCUT2D eigenvalue weighted by Crippen LogP contribution is -2.38. The van der Waals surface area contributed by atoms with E-state index in [0.717, 1.165) is 18.0 Å². The fraction of sp³-hybridized carbons (Fsp3) is 0.667. The van der Waals surface area contributed by atoms with Crippen molar-refractivity contribution in [3.05, 3.63) is 29.8 Å². The van der Waals surface area contributed by atoms with Crippen LogP contribution < -0.4 is 5.32 Å². The first kappa shape index (κ1) is 17.4. The number of nitrogens with zero attached hydrogens (tertiary/aromatic N) is 2. The van der Waals surface area contributed by atoms with Crippen molar-refractivity contribution in [1.82, 2.24) is 15.2 Å². The Bertz CT molecular complexity index is 385. The molecule has 0 fully saturated rings. The minimum Gasteiger partial charge on any atom is -0.311 e. The minimum absolute atomic E-state index is 0.138. The number of nitrogens with one attached hydrogen (secondary N) is 1. The Labute approximate surface area is 126 Å². The van der Waals surface area contributed by atoms with Crippen molar-refractivity contribution in [3.63, 3.8) is 0 Å². The molecule has 0 aliphatic rings. The van der Waals surface area contributed by atoms with Crippen molar-refractivity contribution in [3.8, 4) is 0 Å². The fourth-order valence-electron chi connectivity index (χ4n) is 2.40. The van der Waals surface area contributed by atoms with E-state index in [1.54, 1.807) is 6.07 Å². The van der Waals surface area contributed by atoms with Crippen molar-refractivity contribution < 1.29 is 4.39 Å². The molecule has 0 aromatic carbocycles. The van der Waals surface area contributed by atoms with Gasteiger partial charge in [-0.05, 0) is 45.3 Å². The molecule has 0 aliphatic heterocycles. The Morgan fingerprint density at radius 1 is 1.40 bits per heavy atom. The summed E-state index contributed by atoms with van der Waals surface area (Å²) in [4.78, 5) is 6.57. The third kappa shape index (κ3) is 5.04. The second-order valence-electron chi connectivity index (χ2n) is 5.39. The molecule has 5 heteroatoms. The average molecular weight is 299 g/mol. The summed E-state index contributed by atoms with van der Waals surface area (Å²) in [5.41, 5.74) is 0.896. The van der Waals surface area contributed by atoms with Crippen molar-refractivity contribution in [2.75, 3.05) is 32.6 Å². The van der Waals surface area contributed by atoms with Crippen LogP contribution in [0.15, 0.2) is 18.3 Å². The first-order valence-electron chi connectivity index (χ1n) is 6.97. The third-order valence-corrected chi connectivity index (χ3v) is 4.50. The molecule has 1 aromatic rings. The van der Waals surface area contributed by atoms with E-state index in [4.69, 9.17) is 0 Å². The van der Waals surface area contributed by atoms with E-state index in [1.165, 1.54) is 12.3 Å². The van der Waals surface area contributed by atoms with Gasteiger partial charge in [0.1, 0.15) is 5.82 Å². The van der Waals surface area contributed by atoms with Crippen molar-refractivity contribution in [2.24, 2.45) is 5.92 Å². The summed E-state index contributed by atoms with van der Waals surface area (Å²) in [6, 6.07) is 3.92. The SMILES string of the molecule is CNC(c1ccc(F)cn1)C(C)CN(C)C(C)CSC. The summed E-state index contributed by atoms with van der Waals surface area (Å²) in [5.74, 6) is 1.23. The monoisotopic (exact) mass is 299 g/mol. The Kier molecular flexibility index (Phi) is 7.48. The molecule has 3 unspecified atom stereocenters. The van der Waals surface area contributed by atoms with E-state index in [9.17, 15) is 4.39 Å². The Hall–Kier alpha value is -0.650. The summed E-state index contributed by atoms with van der Waals surface area (Å²) in [5, 5.41) is 3.30. The van der Waals surface area contributed by atoms with E-state index in [1.807, 2.05) is 18.8 Å². The van der Waals surface area contributed by atoms with Crippen LogP contribution in [0, 0.1) is 11.7 Å². The molecule has 0 amide bonds. The molecule has 0 saturated carbocycles. The van der Waals surface area contributed by atoms with E-state index in [2.05, 4.69) is 42.4 Å². The maximum atomic E-state index is 13.0. The summed E-state index contributed by atoms with van der Waals surface area (Å²) in [6.07, 6.45) is 3.42. The molecule has 1 rings (SSSR count). The molecule has 3 atom stereocenters. The molecule has 0 radical (unpaired) electrons. The second kappa shape index (κ2) is 8.60. The van der Waals surface area contributed by atoms with Crippen LogP contribution in [0.1, 0.15) is 25.6 Å². The highest BCUT2D eigenvalue weighted by Crippen LogP contribution is 2.21. The normalized spacial score (nSPS) is 16.1. The van der Waals surface area contributed by atoms with Gasteiger partial charge in [0.2, 0.25) is 0 Å². The van der Waals surface area contributed by atoms with E-state index in [0.29, 0.717) is 12.0 Å². The molecular weight excluding hydrogens is 273 g/mol. The number of halogens is 1. The van der Waals surface area contributed by atoms with Gasteiger partial charge in [0.05, 0.1) is 17.9 Å². The third-order valence-electron chi connectivity index (χ3n) is 3.69. The molecule has 1 heterocycles. The predicted octanol–water partition coefficient (Wildman–Crippen LogP) is 2.80. The maximum Gasteiger partial charge on any atom is 0.141 e. The van der Waals surface area contributed by atoms with Gasteiger partial charge in [-0.2, -0.15) is 11.8 Å². The molecule has 0 aliphatic carbocycles. The molecule has 0 bridgehead atoms. The number of pyridine rings is 1. The second-order valence-corrected chi connectivity index (χ2v) is 6.30. The molecule has 20 heavy (non-hydrogen) atoms. The zero-order valence-corrected chi connectivity index (χ0v) is 13.9. The first-order valence-corrected chi connectivity index (χ1v) is 8.36. The van der Waals surface area contributed by atoms with Gasteiger partial charge >= 0.3 is 0 Å². The molecule has 1 N–H and O–H groups in total. The van der Waals surface area contributed by atoms with Crippen molar-refractivity contribution in [2.45, 2.75) is 25.9 Å².